The Labute approximate surface area is 216 Å². The van der Waals surface area contributed by atoms with Crippen LogP contribution in [-0.2, 0) is 6.42 Å². The second kappa shape index (κ2) is 10.3. The van der Waals surface area contributed by atoms with Crippen molar-refractivity contribution in [1.29, 1.82) is 0 Å². The first-order valence-corrected chi connectivity index (χ1v) is 12.7. The molecule has 5 rings (SSSR count). The van der Waals surface area contributed by atoms with Crippen LogP contribution in [0.15, 0.2) is 120 Å². The van der Waals surface area contributed by atoms with E-state index >= 15 is 0 Å². The third kappa shape index (κ3) is 4.78. The highest BCUT2D eigenvalue weighted by molar-refractivity contribution is 9.10. The topological polar surface area (TPSA) is 16.1 Å². The summed E-state index contributed by atoms with van der Waals surface area (Å²) in [6.45, 7) is 4.40. The van der Waals surface area contributed by atoms with Gasteiger partial charge in [-0.05, 0) is 87.4 Å². The first-order valence-electron chi connectivity index (χ1n) is 11.9. The Morgan fingerprint density at radius 1 is 0.686 bits per heavy atom. The summed E-state index contributed by atoms with van der Waals surface area (Å²) in [4.78, 5) is 7.12. The van der Waals surface area contributed by atoms with Crippen molar-refractivity contribution < 1.29 is 0 Å². The normalized spacial score (nSPS) is 10.8. The number of anilines is 3. The molecule has 0 aliphatic carbocycles. The van der Waals surface area contributed by atoms with E-state index < -0.39 is 0 Å². The first kappa shape index (κ1) is 23.1. The molecule has 0 amide bonds. The second-order valence-corrected chi connectivity index (χ2v) is 9.36. The van der Waals surface area contributed by atoms with Crippen molar-refractivity contribution in [2.24, 2.45) is 0 Å². The van der Waals surface area contributed by atoms with Gasteiger partial charge in [0.05, 0.1) is 5.69 Å². The van der Waals surface area contributed by atoms with Gasteiger partial charge >= 0.3 is 0 Å². The highest BCUT2D eigenvalue weighted by Gasteiger charge is 2.19. The summed E-state index contributed by atoms with van der Waals surface area (Å²) in [7, 11) is 0. The molecule has 1 heterocycles. The van der Waals surface area contributed by atoms with E-state index in [1.165, 1.54) is 27.8 Å². The molecule has 0 unspecified atom stereocenters. The lowest BCUT2D eigenvalue weighted by atomic mass is 9.94. The third-order valence-electron chi connectivity index (χ3n) is 6.33. The fourth-order valence-electron chi connectivity index (χ4n) is 4.58. The number of aryl methyl sites for hydroxylation is 2. The zero-order chi connectivity index (χ0) is 24.2. The van der Waals surface area contributed by atoms with Crippen LogP contribution in [0.4, 0.5) is 17.2 Å². The van der Waals surface area contributed by atoms with Gasteiger partial charge in [0, 0.05) is 11.3 Å². The van der Waals surface area contributed by atoms with Crippen LogP contribution in [-0.4, -0.2) is 4.98 Å². The number of pyridine rings is 1. The maximum absolute atomic E-state index is 4.86. The zero-order valence-corrected chi connectivity index (χ0v) is 21.5. The Bertz CT molecular complexity index is 1460. The quantitative estimate of drug-likeness (QED) is 0.208. The van der Waals surface area contributed by atoms with Crippen LogP contribution in [0.1, 0.15) is 18.1 Å². The number of hydrogen-bond acceptors (Lipinski definition) is 2. The molecular formula is C32H27BrN2. The van der Waals surface area contributed by atoms with Crippen LogP contribution in [0.3, 0.4) is 0 Å². The van der Waals surface area contributed by atoms with Crippen LogP contribution in [0, 0.1) is 6.92 Å². The molecule has 0 fully saturated rings. The van der Waals surface area contributed by atoms with Gasteiger partial charge in [-0.3, -0.25) is 4.90 Å². The smallest absolute Gasteiger partial charge is 0.138 e. The van der Waals surface area contributed by atoms with E-state index in [9.17, 15) is 0 Å². The molecule has 172 valence electrons. The Morgan fingerprint density at radius 2 is 1.40 bits per heavy atom. The largest absolute Gasteiger partial charge is 0.294 e. The number of rotatable bonds is 6. The Morgan fingerprint density at radius 3 is 2.17 bits per heavy atom. The van der Waals surface area contributed by atoms with Crippen molar-refractivity contribution in [2.45, 2.75) is 20.3 Å². The summed E-state index contributed by atoms with van der Waals surface area (Å²) in [5.74, 6) is 0.862. The van der Waals surface area contributed by atoms with Gasteiger partial charge in [-0.1, -0.05) is 91.9 Å². The van der Waals surface area contributed by atoms with Gasteiger partial charge in [0.15, 0.2) is 0 Å². The second-order valence-electron chi connectivity index (χ2n) is 8.55. The molecule has 1 aromatic heterocycles. The summed E-state index contributed by atoms with van der Waals surface area (Å²) < 4.78 is 0.806. The molecule has 0 saturated heterocycles. The van der Waals surface area contributed by atoms with E-state index in [1.54, 1.807) is 0 Å². The van der Waals surface area contributed by atoms with Gasteiger partial charge in [-0.15, -0.1) is 0 Å². The van der Waals surface area contributed by atoms with Crippen molar-refractivity contribution in [3.63, 3.8) is 0 Å². The number of nitrogens with zero attached hydrogens (tertiary/aromatic N) is 2. The third-order valence-corrected chi connectivity index (χ3v) is 6.77. The molecule has 5 aromatic rings. The van der Waals surface area contributed by atoms with Crippen LogP contribution in [0.25, 0.3) is 22.3 Å². The number of halogens is 1. The first-order chi connectivity index (χ1) is 17.2. The average molecular weight is 519 g/mol. The van der Waals surface area contributed by atoms with E-state index in [2.05, 4.69) is 138 Å². The SMILES string of the molecule is CCc1ccccc1-c1cc(N(c2cccc(Br)n2)c2ccccc2-c2ccccc2)ccc1C. The highest BCUT2D eigenvalue weighted by Crippen LogP contribution is 2.42. The molecule has 0 aliphatic rings. The molecule has 0 N–H and O–H groups in total. The van der Waals surface area contributed by atoms with Crippen molar-refractivity contribution >= 4 is 33.1 Å². The van der Waals surface area contributed by atoms with Crippen LogP contribution >= 0.6 is 15.9 Å². The molecule has 0 radical (unpaired) electrons. The lowest BCUT2D eigenvalue weighted by Gasteiger charge is -2.28. The summed E-state index contributed by atoms with van der Waals surface area (Å²) in [5.41, 5.74) is 9.63. The fourth-order valence-corrected chi connectivity index (χ4v) is 4.91. The predicted octanol–water partition coefficient (Wildman–Crippen LogP) is 9.52. The lowest BCUT2D eigenvalue weighted by Crippen LogP contribution is -2.13. The van der Waals surface area contributed by atoms with Gasteiger partial charge in [-0.25, -0.2) is 4.98 Å². The van der Waals surface area contributed by atoms with E-state index in [1.807, 2.05) is 12.1 Å². The standard InChI is InChI=1S/C32H27BrN2/c1-3-24-12-7-8-15-27(24)29-22-26(21-20-23(29)2)35(32-19-11-18-31(33)34-32)30-17-10-9-16-28(30)25-13-5-4-6-14-25/h4-22H,3H2,1-2H3. The molecule has 3 heteroatoms. The number of aromatic nitrogens is 1. The van der Waals surface area contributed by atoms with Crippen molar-refractivity contribution in [2.75, 3.05) is 4.90 Å². The average Bonchev–Trinajstić information content (AvgIpc) is 2.90. The summed E-state index contributed by atoms with van der Waals surface area (Å²) in [5, 5.41) is 0. The Hall–Kier alpha value is -3.69. The molecule has 0 saturated carbocycles. The minimum atomic E-state index is 0.806. The number of para-hydroxylation sites is 1. The number of hydrogen-bond donors (Lipinski definition) is 0. The van der Waals surface area contributed by atoms with Gasteiger partial charge in [0.1, 0.15) is 10.4 Å². The highest BCUT2D eigenvalue weighted by atomic mass is 79.9. The molecule has 4 aromatic carbocycles. The van der Waals surface area contributed by atoms with Crippen molar-refractivity contribution in [3.8, 4) is 22.3 Å². The van der Waals surface area contributed by atoms with Crippen molar-refractivity contribution in [1.82, 2.24) is 4.98 Å². The molecule has 0 spiro atoms. The minimum Gasteiger partial charge on any atom is -0.294 e. The van der Waals surface area contributed by atoms with Crippen LogP contribution in [0.2, 0.25) is 0 Å². The number of benzene rings is 4. The van der Waals surface area contributed by atoms with Gasteiger partial charge in [-0.2, -0.15) is 0 Å². The van der Waals surface area contributed by atoms with E-state index in [4.69, 9.17) is 4.98 Å². The monoisotopic (exact) mass is 518 g/mol. The maximum atomic E-state index is 4.86. The molecule has 2 nitrogen and oxygen atoms in total. The molecule has 35 heavy (non-hydrogen) atoms. The van der Waals surface area contributed by atoms with Crippen molar-refractivity contribution in [3.05, 3.63) is 131 Å². The minimum absolute atomic E-state index is 0.806. The molecular weight excluding hydrogens is 492 g/mol. The van der Waals surface area contributed by atoms with Gasteiger partial charge in [0.2, 0.25) is 0 Å². The Kier molecular flexibility index (Phi) is 6.78. The Balaban J connectivity index is 1.75. The van der Waals surface area contributed by atoms with Crippen LogP contribution < -0.4 is 4.90 Å². The van der Waals surface area contributed by atoms with Crippen LogP contribution in [0.5, 0.6) is 0 Å². The summed E-state index contributed by atoms with van der Waals surface area (Å²) >= 11 is 3.58. The fraction of sp³-hybridized carbons (Fsp3) is 0.0938. The van der Waals surface area contributed by atoms with E-state index in [0.717, 1.165) is 33.8 Å². The van der Waals surface area contributed by atoms with E-state index in [-0.39, 0.29) is 0 Å². The lowest BCUT2D eigenvalue weighted by molar-refractivity contribution is 1.14. The summed E-state index contributed by atoms with van der Waals surface area (Å²) in [6, 6.07) is 40.5. The van der Waals surface area contributed by atoms with Gasteiger partial charge in [0.25, 0.3) is 0 Å². The maximum Gasteiger partial charge on any atom is 0.138 e. The molecule has 0 bridgehead atoms. The van der Waals surface area contributed by atoms with Gasteiger partial charge < -0.3 is 0 Å². The predicted molar refractivity (Wildman–Crippen MR) is 152 cm³/mol. The molecule has 0 atom stereocenters. The molecule has 0 aliphatic heterocycles. The summed E-state index contributed by atoms with van der Waals surface area (Å²) in [6.07, 6.45) is 0.994. The van der Waals surface area contributed by atoms with E-state index in [0.29, 0.717) is 0 Å². The zero-order valence-electron chi connectivity index (χ0n) is 19.9.